The van der Waals surface area contributed by atoms with Gasteiger partial charge in [0, 0.05) is 44.2 Å². The van der Waals surface area contributed by atoms with Crippen LogP contribution in [-0.2, 0) is 9.59 Å². The summed E-state index contributed by atoms with van der Waals surface area (Å²) in [7, 11) is 1.64. The van der Waals surface area contributed by atoms with Gasteiger partial charge in [0.1, 0.15) is 5.75 Å². The summed E-state index contributed by atoms with van der Waals surface area (Å²) in [6, 6.07) is 7.62. The third-order valence-electron chi connectivity index (χ3n) is 6.61. The van der Waals surface area contributed by atoms with Crippen molar-refractivity contribution in [1.29, 1.82) is 0 Å². The molecule has 0 bridgehead atoms. The molecule has 8 nitrogen and oxygen atoms in total. The molecule has 0 aliphatic carbocycles. The average molecular weight is 438 g/mol. The van der Waals surface area contributed by atoms with Crippen LogP contribution in [0.25, 0.3) is 11.1 Å². The standard InChI is InChI=1S/C24H31N5O3/c1-16(30)28-12-9-17(10-13-28)23(31)29-11-4-3-8-21(29)22-20(15-26-24(25)27-22)18-6-5-7-19(14-18)32-2/h5-7,14-15,17,21H,3-4,8-13H2,1-2H3,(H2,25,26,27)/t21-/m1/s1. The quantitative estimate of drug-likeness (QED) is 0.789. The lowest BCUT2D eigenvalue weighted by Gasteiger charge is -2.40. The Kier molecular flexibility index (Phi) is 6.58. The number of piperidine rings is 2. The van der Waals surface area contributed by atoms with Gasteiger partial charge >= 0.3 is 0 Å². The van der Waals surface area contributed by atoms with Crippen LogP contribution in [0.2, 0.25) is 0 Å². The minimum absolute atomic E-state index is 0.0642. The van der Waals surface area contributed by atoms with Crippen molar-refractivity contribution in [1.82, 2.24) is 19.8 Å². The molecule has 1 atom stereocenters. The van der Waals surface area contributed by atoms with Gasteiger partial charge in [-0.3, -0.25) is 9.59 Å². The SMILES string of the molecule is COc1cccc(-c2cnc(N)nc2[C@H]2CCCCN2C(=O)C2CCN(C(C)=O)CC2)c1. The van der Waals surface area contributed by atoms with Crippen LogP contribution in [0.5, 0.6) is 5.75 Å². The summed E-state index contributed by atoms with van der Waals surface area (Å²) in [4.78, 5) is 37.9. The third kappa shape index (κ3) is 4.54. The molecule has 3 heterocycles. The van der Waals surface area contributed by atoms with Gasteiger partial charge in [-0.1, -0.05) is 12.1 Å². The molecular weight excluding hydrogens is 406 g/mol. The Morgan fingerprint density at radius 3 is 2.62 bits per heavy atom. The highest BCUT2D eigenvalue weighted by Crippen LogP contribution is 2.38. The monoisotopic (exact) mass is 437 g/mol. The Morgan fingerprint density at radius 1 is 1.12 bits per heavy atom. The Labute approximate surface area is 188 Å². The number of anilines is 1. The van der Waals surface area contributed by atoms with Crippen molar-refractivity contribution in [3.05, 3.63) is 36.2 Å². The molecule has 2 aliphatic heterocycles. The van der Waals surface area contributed by atoms with Gasteiger partial charge < -0.3 is 20.3 Å². The molecule has 2 aliphatic rings. The summed E-state index contributed by atoms with van der Waals surface area (Å²) in [5.74, 6) is 1.13. The van der Waals surface area contributed by atoms with Crippen LogP contribution in [0.3, 0.4) is 0 Å². The zero-order valence-corrected chi connectivity index (χ0v) is 18.8. The van der Waals surface area contributed by atoms with E-state index in [1.54, 1.807) is 20.2 Å². The van der Waals surface area contributed by atoms with Crippen LogP contribution >= 0.6 is 0 Å². The Hall–Kier alpha value is -3.16. The molecule has 0 unspecified atom stereocenters. The van der Waals surface area contributed by atoms with Crippen molar-refractivity contribution in [2.24, 2.45) is 5.92 Å². The highest BCUT2D eigenvalue weighted by atomic mass is 16.5. The van der Waals surface area contributed by atoms with Crippen molar-refractivity contribution in [3.8, 4) is 16.9 Å². The van der Waals surface area contributed by atoms with Gasteiger partial charge in [-0.2, -0.15) is 0 Å². The number of methoxy groups -OCH3 is 1. The highest BCUT2D eigenvalue weighted by molar-refractivity contribution is 5.81. The molecule has 1 aromatic carbocycles. The van der Waals surface area contributed by atoms with E-state index in [1.165, 1.54) is 0 Å². The summed E-state index contributed by atoms with van der Waals surface area (Å²) in [5, 5.41) is 0. The Bertz CT molecular complexity index is 987. The van der Waals surface area contributed by atoms with Crippen LogP contribution in [0.15, 0.2) is 30.5 Å². The number of ether oxygens (including phenoxy) is 1. The number of rotatable bonds is 4. The normalized spacial score (nSPS) is 19.6. The van der Waals surface area contributed by atoms with E-state index in [0.717, 1.165) is 41.8 Å². The molecule has 0 spiro atoms. The van der Waals surface area contributed by atoms with Crippen LogP contribution in [0, 0.1) is 5.92 Å². The second-order valence-corrected chi connectivity index (χ2v) is 8.58. The molecule has 170 valence electrons. The zero-order valence-electron chi connectivity index (χ0n) is 18.8. The van der Waals surface area contributed by atoms with Gasteiger partial charge in [0.05, 0.1) is 18.8 Å². The van der Waals surface area contributed by atoms with Crippen LogP contribution in [0.1, 0.15) is 50.8 Å². The minimum Gasteiger partial charge on any atom is -0.497 e. The maximum atomic E-state index is 13.6. The number of carbonyl (C=O) groups excluding carboxylic acids is 2. The molecule has 2 amide bonds. The number of hydrogen-bond acceptors (Lipinski definition) is 6. The molecule has 2 N–H and O–H groups in total. The fraction of sp³-hybridized carbons (Fsp3) is 0.500. The lowest BCUT2D eigenvalue weighted by Crippen LogP contribution is -2.46. The number of likely N-dealkylation sites (tertiary alicyclic amines) is 2. The van der Waals surface area contributed by atoms with Crippen molar-refractivity contribution in [2.45, 2.75) is 45.1 Å². The lowest BCUT2D eigenvalue weighted by atomic mass is 9.90. The summed E-state index contributed by atoms with van der Waals surface area (Å²) in [5.41, 5.74) is 8.59. The fourth-order valence-corrected chi connectivity index (χ4v) is 4.83. The van der Waals surface area contributed by atoms with E-state index >= 15 is 0 Å². The van der Waals surface area contributed by atoms with E-state index in [-0.39, 0.29) is 29.7 Å². The van der Waals surface area contributed by atoms with E-state index in [9.17, 15) is 9.59 Å². The van der Waals surface area contributed by atoms with Gasteiger partial charge in [-0.15, -0.1) is 0 Å². The first kappa shape index (κ1) is 22.0. The number of carbonyl (C=O) groups is 2. The second-order valence-electron chi connectivity index (χ2n) is 8.58. The van der Waals surface area contributed by atoms with Crippen LogP contribution in [-0.4, -0.2) is 58.3 Å². The molecule has 0 saturated carbocycles. The molecule has 0 radical (unpaired) electrons. The van der Waals surface area contributed by atoms with Gasteiger partial charge in [0.25, 0.3) is 0 Å². The van der Waals surface area contributed by atoms with Gasteiger partial charge in [-0.25, -0.2) is 9.97 Å². The zero-order chi connectivity index (χ0) is 22.7. The van der Waals surface area contributed by atoms with E-state index in [1.807, 2.05) is 34.1 Å². The maximum Gasteiger partial charge on any atom is 0.226 e. The summed E-state index contributed by atoms with van der Waals surface area (Å²) in [6.45, 7) is 3.57. The number of hydrogen-bond donors (Lipinski definition) is 1. The smallest absolute Gasteiger partial charge is 0.226 e. The number of amides is 2. The molecule has 1 aromatic heterocycles. The third-order valence-corrected chi connectivity index (χ3v) is 6.61. The number of nitrogens with zero attached hydrogens (tertiary/aromatic N) is 4. The van der Waals surface area contributed by atoms with E-state index in [2.05, 4.69) is 9.97 Å². The number of nitrogen functional groups attached to an aromatic ring is 1. The topological polar surface area (TPSA) is 102 Å². The maximum absolute atomic E-state index is 13.6. The molecular formula is C24H31N5O3. The second kappa shape index (κ2) is 9.54. The van der Waals surface area contributed by atoms with E-state index in [4.69, 9.17) is 10.5 Å². The highest BCUT2D eigenvalue weighted by Gasteiger charge is 2.36. The van der Waals surface area contributed by atoms with Crippen LogP contribution < -0.4 is 10.5 Å². The molecule has 8 heteroatoms. The fourth-order valence-electron chi connectivity index (χ4n) is 4.83. The van der Waals surface area contributed by atoms with Gasteiger partial charge in [-0.05, 0) is 49.8 Å². The number of aromatic nitrogens is 2. The Balaban J connectivity index is 1.63. The van der Waals surface area contributed by atoms with Gasteiger partial charge in [0.15, 0.2) is 0 Å². The van der Waals surface area contributed by atoms with Gasteiger partial charge in [0.2, 0.25) is 17.8 Å². The van der Waals surface area contributed by atoms with Crippen molar-refractivity contribution in [2.75, 3.05) is 32.5 Å². The molecule has 2 saturated heterocycles. The van der Waals surface area contributed by atoms with E-state index in [0.29, 0.717) is 32.5 Å². The summed E-state index contributed by atoms with van der Waals surface area (Å²) < 4.78 is 5.39. The van der Waals surface area contributed by atoms with Crippen molar-refractivity contribution in [3.63, 3.8) is 0 Å². The summed E-state index contributed by atoms with van der Waals surface area (Å²) >= 11 is 0. The first-order valence-electron chi connectivity index (χ1n) is 11.3. The molecule has 4 rings (SSSR count). The largest absolute Gasteiger partial charge is 0.497 e. The number of nitrogens with two attached hydrogens (primary N) is 1. The minimum atomic E-state index is -0.145. The Morgan fingerprint density at radius 2 is 1.91 bits per heavy atom. The van der Waals surface area contributed by atoms with Crippen LogP contribution in [0.4, 0.5) is 5.95 Å². The predicted molar refractivity (Wildman–Crippen MR) is 122 cm³/mol. The molecule has 2 aromatic rings. The molecule has 2 fully saturated rings. The van der Waals surface area contributed by atoms with E-state index < -0.39 is 0 Å². The molecule has 32 heavy (non-hydrogen) atoms. The lowest BCUT2D eigenvalue weighted by molar-refractivity contribution is -0.143. The predicted octanol–water partition coefficient (Wildman–Crippen LogP) is 3.05. The summed E-state index contributed by atoms with van der Waals surface area (Å²) in [6.07, 6.45) is 6.00. The first-order chi connectivity index (χ1) is 15.5. The first-order valence-corrected chi connectivity index (χ1v) is 11.3. The average Bonchev–Trinajstić information content (AvgIpc) is 2.83. The number of benzene rings is 1. The van der Waals surface area contributed by atoms with Crippen molar-refractivity contribution >= 4 is 17.8 Å². The van der Waals surface area contributed by atoms with Crippen molar-refractivity contribution < 1.29 is 14.3 Å².